The molecule has 1 aliphatic heterocycles. The maximum Gasteiger partial charge on any atom is 0.339 e. The van der Waals surface area contributed by atoms with Gasteiger partial charge in [0, 0.05) is 44.3 Å². The molecule has 0 spiro atoms. The summed E-state index contributed by atoms with van der Waals surface area (Å²) < 4.78 is 5.30. The lowest BCUT2D eigenvalue weighted by Crippen LogP contribution is -2.49. The van der Waals surface area contributed by atoms with Crippen LogP contribution in [0.1, 0.15) is 15.9 Å². The van der Waals surface area contributed by atoms with Crippen LogP contribution in [0.3, 0.4) is 0 Å². The van der Waals surface area contributed by atoms with Gasteiger partial charge < -0.3 is 9.64 Å². The van der Waals surface area contributed by atoms with E-state index in [0.717, 1.165) is 30.5 Å². The average molecular weight is 389 g/mol. The smallest absolute Gasteiger partial charge is 0.339 e. The third kappa shape index (κ3) is 4.60. The molecular weight excluding hydrogens is 366 g/mol. The number of esters is 1. The third-order valence-electron chi connectivity index (χ3n) is 5.17. The van der Waals surface area contributed by atoms with Gasteiger partial charge in [0.05, 0.1) is 11.1 Å². The van der Waals surface area contributed by atoms with Crippen molar-refractivity contribution in [2.75, 3.05) is 32.8 Å². The molecule has 0 unspecified atom stereocenters. The van der Waals surface area contributed by atoms with Crippen molar-refractivity contribution < 1.29 is 14.3 Å². The second kappa shape index (κ2) is 8.84. The number of carbonyl (C=O) groups excluding carboxylic acids is 2. The number of nitrogens with zero attached hydrogens (tertiary/aromatic N) is 3. The van der Waals surface area contributed by atoms with E-state index in [1.807, 2.05) is 30.3 Å². The molecule has 3 aromatic rings. The molecule has 1 saturated heterocycles. The molecule has 0 N–H and O–H groups in total. The van der Waals surface area contributed by atoms with E-state index in [1.165, 1.54) is 5.56 Å². The van der Waals surface area contributed by atoms with Gasteiger partial charge in [0.2, 0.25) is 0 Å². The maximum atomic E-state index is 12.5. The summed E-state index contributed by atoms with van der Waals surface area (Å²) in [4.78, 5) is 33.3. The standard InChI is InChI=1S/C23H23N3O3/c27-22(26-14-12-25(13-15-26)16-18-6-2-1-3-7-18)17-29-23(28)20-8-4-10-21-19(20)9-5-11-24-21/h1-11H,12-17H2. The molecule has 0 atom stereocenters. The molecule has 6 heteroatoms. The molecule has 0 saturated carbocycles. The van der Waals surface area contributed by atoms with E-state index in [0.29, 0.717) is 18.7 Å². The summed E-state index contributed by atoms with van der Waals surface area (Å²) in [7, 11) is 0. The number of carbonyl (C=O) groups is 2. The Morgan fingerprint density at radius 1 is 0.897 bits per heavy atom. The van der Waals surface area contributed by atoms with Crippen molar-refractivity contribution in [1.82, 2.24) is 14.8 Å². The zero-order valence-corrected chi connectivity index (χ0v) is 16.2. The molecule has 6 nitrogen and oxygen atoms in total. The molecule has 2 aromatic carbocycles. The van der Waals surface area contributed by atoms with Crippen molar-refractivity contribution in [2.24, 2.45) is 0 Å². The number of rotatable bonds is 5. The highest BCUT2D eigenvalue weighted by Crippen LogP contribution is 2.17. The lowest BCUT2D eigenvalue weighted by Gasteiger charge is -2.34. The van der Waals surface area contributed by atoms with Gasteiger partial charge in [-0.1, -0.05) is 42.5 Å². The van der Waals surface area contributed by atoms with Crippen LogP contribution >= 0.6 is 0 Å². The van der Waals surface area contributed by atoms with Crippen LogP contribution in [-0.2, 0) is 16.1 Å². The van der Waals surface area contributed by atoms with Crippen LogP contribution in [0, 0.1) is 0 Å². The first-order chi connectivity index (χ1) is 14.2. The fraction of sp³-hybridized carbons (Fsp3) is 0.261. The molecular formula is C23H23N3O3. The van der Waals surface area contributed by atoms with Crippen molar-refractivity contribution in [1.29, 1.82) is 0 Å². The van der Waals surface area contributed by atoms with Gasteiger partial charge in [-0.15, -0.1) is 0 Å². The quantitative estimate of drug-likeness (QED) is 0.628. The van der Waals surface area contributed by atoms with E-state index in [2.05, 4.69) is 22.0 Å². The van der Waals surface area contributed by atoms with Crippen LogP contribution in [0.25, 0.3) is 10.9 Å². The van der Waals surface area contributed by atoms with Crippen molar-refractivity contribution in [3.8, 4) is 0 Å². The predicted molar refractivity (Wildman–Crippen MR) is 110 cm³/mol. The number of piperazine rings is 1. The topological polar surface area (TPSA) is 62.7 Å². The molecule has 1 fully saturated rings. The third-order valence-corrected chi connectivity index (χ3v) is 5.17. The number of pyridine rings is 1. The van der Waals surface area contributed by atoms with Gasteiger partial charge >= 0.3 is 5.97 Å². The van der Waals surface area contributed by atoms with Crippen LogP contribution < -0.4 is 0 Å². The van der Waals surface area contributed by atoms with Crippen LogP contribution in [-0.4, -0.2) is 59.4 Å². The highest BCUT2D eigenvalue weighted by Gasteiger charge is 2.22. The maximum absolute atomic E-state index is 12.5. The predicted octanol–water partition coefficient (Wildman–Crippen LogP) is 2.74. The lowest BCUT2D eigenvalue weighted by atomic mass is 10.1. The van der Waals surface area contributed by atoms with E-state index >= 15 is 0 Å². The summed E-state index contributed by atoms with van der Waals surface area (Å²) in [5.41, 5.74) is 2.42. The number of amides is 1. The zero-order valence-electron chi connectivity index (χ0n) is 16.2. The fourth-order valence-electron chi connectivity index (χ4n) is 3.57. The Labute approximate surface area is 169 Å². The van der Waals surface area contributed by atoms with E-state index in [4.69, 9.17) is 4.74 Å². The minimum Gasteiger partial charge on any atom is -0.452 e. The Bertz CT molecular complexity index is 993. The van der Waals surface area contributed by atoms with Gasteiger partial charge in [-0.2, -0.15) is 0 Å². The Hall–Kier alpha value is -3.25. The Morgan fingerprint density at radius 2 is 1.69 bits per heavy atom. The molecule has 0 aliphatic carbocycles. The summed E-state index contributed by atoms with van der Waals surface area (Å²) >= 11 is 0. The van der Waals surface area contributed by atoms with Crippen molar-refractivity contribution in [3.63, 3.8) is 0 Å². The normalized spacial score (nSPS) is 14.7. The van der Waals surface area contributed by atoms with Gasteiger partial charge in [0.15, 0.2) is 6.61 Å². The molecule has 2 heterocycles. The molecule has 1 aromatic heterocycles. The highest BCUT2D eigenvalue weighted by molar-refractivity contribution is 6.03. The van der Waals surface area contributed by atoms with Crippen LogP contribution in [0.2, 0.25) is 0 Å². The van der Waals surface area contributed by atoms with Gasteiger partial charge in [-0.25, -0.2) is 4.79 Å². The summed E-state index contributed by atoms with van der Waals surface area (Å²) in [6.07, 6.45) is 1.68. The van der Waals surface area contributed by atoms with Crippen molar-refractivity contribution in [2.45, 2.75) is 6.54 Å². The monoisotopic (exact) mass is 389 g/mol. The molecule has 1 amide bonds. The molecule has 4 rings (SSSR count). The van der Waals surface area contributed by atoms with E-state index in [1.54, 1.807) is 29.3 Å². The number of benzene rings is 2. The SMILES string of the molecule is O=C(OCC(=O)N1CCN(Cc2ccccc2)CC1)c1cccc2ncccc12. The van der Waals surface area contributed by atoms with Crippen molar-refractivity contribution in [3.05, 3.63) is 78.0 Å². The molecule has 29 heavy (non-hydrogen) atoms. The summed E-state index contributed by atoms with van der Waals surface area (Å²) in [6.45, 7) is 3.54. The van der Waals surface area contributed by atoms with Crippen molar-refractivity contribution >= 4 is 22.8 Å². The lowest BCUT2D eigenvalue weighted by molar-refractivity contribution is -0.136. The van der Waals surface area contributed by atoms with Crippen LogP contribution in [0.4, 0.5) is 0 Å². The molecule has 0 radical (unpaired) electrons. The zero-order chi connectivity index (χ0) is 20.1. The second-order valence-corrected chi connectivity index (χ2v) is 7.09. The van der Waals surface area contributed by atoms with E-state index in [-0.39, 0.29) is 12.5 Å². The Balaban J connectivity index is 1.28. The first-order valence-corrected chi connectivity index (χ1v) is 9.75. The summed E-state index contributed by atoms with van der Waals surface area (Å²) in [5.74, 6) is -0.657. The van der Waals surface area contributed by atoms with Crippen LogP contribution in [0.5, 0.6) is 0 Å². The van der Waals surface area contributed by atoms with Crippen LogP contribution in [0.15, 0.2) is 66.9 Å². The Morgan fingerprint density at radius 3 is 2.48 bits per heavy atom. The number of ether oxygens (including phenoxy) is 1. The average Bonchev–Trinajstić information content (AvgIpc) is 2.78. The van der Waals surface area contributed by atoms with E-state index in [9.17, 15) is 9.59 Å². The first-order valence-electron chi connectivity index (χ1n) is 9.75. The Kier molecular flexibility index (Phi) is 5.81. The fourth-order valence-corrected chi connectivity index (χ4v) is 3.57. The number of fused-ring (bicyclic) bond motifs is 1. The molecule has 1 aliphatic rings. The minimum absolute atomic E-state index is 0.156. The van der Waals surface area contributed by atoms with Gasteiger partial charge in [0.1, 0.15) is 0 Å². The summed E-state index contributed by atoms with van der Waals surface area (Å²) in [5, 5.41) is 0.724. The number of hydrogen-bond acceptors (Lipinski definition) is 5. The minimum atomic E-state index is -0.500. The van der Waals surface area contributed by atoms with Gasteiger partial charge in [-0.3, -0.25) is 14.7 Å². The largest absolute Gasteiger partial charge is 0.452 e. The summed E-state index contributed by atoms with van der Waals surface area (Å²) in [6, 6.07) is 19.2. The highest BCUT2D eigenvalue weighted by atomic mass is 16.5. The second-order valence-electron chi connectivity index (χ2n) is 7.09. The number of hydrogen-bond donors (Lipinski definition) is 0. The van der Waals surface area contributed by atoms with Gasteiger partial charge in [0.25, 0.3) is 5.91 Å². The molecule has 148 valence electrons. The first kappa shape index (κ1) is 19.1. The molecule has 0 bridgehead atoms. The van der Waals surface area contributed by atoms with E-state index < -0.39 is 5.97 Å². The van der Waals surface area contributed by atoms with Gasteiger partial charge in [-0.05, 0) is 23.8 Å². The number of aromatic nitrogens is 1.